The first kappa shape index (κ1) is 13.4. The van der Waals surface area contributed by atoms with Crippen LogP contribution in [0.1, 0.15) is 25.3 Å². The van der Waals surface area contributed by atoms with Crippen LogP contribution in [0.25, 0.3) is 0 Å². The quantitative estimate of drug-likeness (QED) is 0.879. The summed E-state index contributed by atoms with van der Waals surface area (Å²) in [6.45, 7) is 3.53. The Hall–Kier alpha value is -2.04. The first-order chi connectivity index (χ1) is 9.29. The normalized spacial score (nSPS) is 14.3. The maximum absolute atomic E-state index is 11.8. The standard InChI is InChI=1S/C14H18N2O3/c1-2-18-13-9-11(6-7-15-13)10-16-14(17)12-5-3-4-8-19-12/h5-7,9H,2-4,8,10H2,1H3,(H,16,17). The van der Waals surface area contributed by atoms with Crippen LogP contribution in [-0.2, 0) is 16.1 Å². The number of aromatic nitrogens is 1. The van der Waals surface area contributed by atoms with Gasteiger partial charge < -0.3 is 14.8 Å². The molecule has 1 aliphatic heterocycles. The molecule has 19 heavy (non-hydrogen) atoms. The van der Waals surface area contributed by atoms with Crippen molar-refractivity contribution in [3.8, 4) is 5.88 Å². The summed E-state index contributed by atoms with van der Waals surface area (Å²) in [6.07, 6.45) is 5.37. The van der Waals surface area contributed by atoms with E-state index in [4.69, 9.17) is 9.47 Å². The molecule has 5 nitrogen and oxygen atoms in total. The van der Waals surface area contributed by atoms with Crippen LogP contribution in [0.4, 0.5) is 0 Å². The number of carbonyl (C=O) groups is 1. The lowest BCUT2D eigenvalue weighted by atomic mass is 10.2. The molecule has 0 saturated carbocycles. The van der Waals surface area contributed by atoms with Crippen molar-refractivity contribution in [2.75, 3.05) is 13.2 Å². The van der Waals surface area contributed by atoms with Crippen molar-refractivity contribution >= 4 is 5.91 Å². The van der Waals surface area contributed by atoms with Crippen molar-refractivity contribution in [3.63, 3.8) is 0 Å². The van der Waals surface area contributed by atoms with Crippen molar-refractivity contribution in [1.82, 2.24) is 10.3 Å². The van der Waals surface area contributed by atoms with E-state index in [0.717, 1.165) is 18.4 Å². The minimum atomic E-state index is -0.172. The Morgan fingerprint density at radius 2 is 2.47 bits per heavy atom. The van der Waals surface area contributed by atoms with Crippen LogP contribution in [0.5, 0.6) is 5.88 Å². The molecule has 2 rings (SSSR count). The first-order valence-electron chi connectivity index (χ1n) is 6.48. The molecule has 0 fully saturated rings. The number of rotatable bonds is 5. The molecule has 0 aliphatic carbocycles. The van der Waals surface area contributed by atoms with Gasteiger partial charge in [0.15, 0.2) is 5.76 Å². The average molecular weight is 262 g/mol. The summed E-state index contributed by atoms with van der Waals surface area (Å²) >= 11 is 0. The summed E-state index contributed by atoms with van der Waals surface area (Å²) in [6, 6.07) is 3.67. The highest BCUT2D eigenvalue weighted by Crippen LogP contribution is 2.11. The van der Waals surface area contributed by atoms with E-state index in [9.17, 15) is 4.79 Å². The van der Waals surface area contributed by atoms with Gasteiger partial charge in [0.2, 0.25) is 5.88 Å². The van der Waals surface area contributed by atoms with Crippen molar-refractivity contribution in [2.24, 2.45) is 0 Å². The Kier molecular flexibility index (Phi) is 4.78. The lowest BCUT2D eigenvalue weighted by molar-refractivity contribution is -0.121. The van der Waals surface area contributed by atoms with Crippen molar-refractivity contribution in [2.45, 2.75) is 26.3 Å². The highest BCUT2D eigenvalue weighted by molar-refractivity contribution is 5.91. The predicted octanol–water partition coefficient (Wildman–Crippen LogP) is 1.79. The van der Waals surface area contributed by atoms with E-state index in [1.807, 2.05) is 25.1 Å². The van der Waals surface area contributed by atoms with Gasteiger partial charge in [0.05, 0.1) is 13.2 Å². The van der Waals surface area contributed by atoms with Crippen molar-refractivity contribution in [3.05, 3.63) is 35.7 Å². The first-order valence-corrected chi connectivity index (χ1v) is 6.48. The predicted molar refractivity (Wildman–Crippen MR) is 70.5 cm³/mol. The molecule has 0 aromatic carbocycles. The molecule has 0 radical (unpaired) electrons. The Labute approximate surface area is 112 Å². The number of hydrogen-bond donors (Lipinski definition) is 1. The molecule has 1 amide bonds. The maximum atomic E-state index is 11.8. The number of pyridine rings is 1. The van der Waals surface area contributed by atoms with E-state index in [1.165, 1.54) is 0 Å². The molecule has 0 saturated heterocycles. The highest BCUT2D eigenvalue weighted by atomic mass is 16.5. The molecular formula is C14H18N2O3. The number of nitrogens with zero attached hydrogens (tertiary/aromatic N) is 1. The second-order valence-corrected chi connectivity index (χ2v) is 4.18. The highest BCUT2D eigenvalue weighted by Gasteiger charge is 2.13. The molecule has 0 atom stereocenters. The second kappa shape index (κ2) is 6.78. The smallest absolute Gasteiger partial charge is 0.286 e. The molecule has 2 heterocycles. The fourth-order valence-corrected chi connectivity index (χ4v) is 1.77. The molecule has 1 aromatic heterocycles. The van der Waals surface area contributed by atoms with Gasteiger partial charge in [0.1, 0.15) is 0 Å². The van der Waals surface area contributed by atoms with Crippen LogP contribution >= 0.6 is 0 Å². The summed E-state index contributed by atoms with van der Waals surface area (Å²) in [4.78, 5) is 15.9. The number of allylic oxidation sites excluding steroid dienone is 1. The van der Waals surface area contributed by atoms with Crippen LogP contribution in [0.2, 0.25) is 0 Å². The van der Waals surface area contributed by atoms with E-state index in [0.29, 0.717) is 31.4 Å². The third-order valence-corrected chi connectivity index (χ3v) is 2.70. The van der Waals surface area contributed by atoms with E-state index >= 15 is 0 Å². The maximum Gasteiger partial charge on any atom is 0.286 e. The molecule has 5 heteroatoms. The van der Waals surface area contributed by atoms with Gasteiger partial charge in [0.25, 0.3) is 5.91 Å². The number of amides is 1. The van der Waals surface area contributed by atoms with Gasteiger partial charge in [-0.2, -0.15) is 0 Å². The van der Waals surface area contributed by atoms with Crippen LogP contribution < -0.4 is 10.1 Å². The van der Waals surface area contributed by atoms with Gasteiger partial charge >= 0.3 is 0 Å². The van der Waals surface area contributed by atoms with Gasteiger partial charge in [-0.25, -0.2) is 4.98 Å². The number of nitrogens with one attached hydrogen (secondary N) is 1. The largest absolute Gasteiger partial charge is 0.488 e. The lowest BCUT2D eigenvalue weighted by Gasteiger charge is -2.14. The van der Waals surface area contributed by atoms with Gasteiger partial charge in [-0.1, -0.05) is 0 Å². The Morgan fingerprint density at radius 3 is 3.21 bits per heavy atom. The topological polar surface area (TPSA) is 60.5 Å². The average Bonchev–Trinajstić information content (AvgIpc) is 2.46. The molecule has 0 spiro atoms. The Bertz CT molecular complexity index is 472. The summed E-state index contributed by atoms with van der Waals surface area (Å²) < 4.78 is 10.6. The van der Waals surface area contributed by atoms with Crippen LogP contribution in [-0.4, -0.2) is 24.1 Å². The lowest BCUT2D eigenvalue weighted by Crippen LogP contribution is -2.26. The number of hydrogen-bond acceptors (Lipinski definition) is 4. The second-order valence-electron chi connectivity index (χ2n) is 4.18. The molecule has 1 aliphatic rings. The van der Waals surface area contributed by atoms with Crippen LogP contribution in [0.3, 0.4) is 0 Å². The molecule has 1 aromatic rings. The van der Waals surface area contributed by atoms with E-state index < -0.39 is 0 Å². The van der Waals surface area contributed by atoms with Crippen LogP contribution in [0, 0.1) is 0 Å². The Morgan fingerprint density at radius 1 is 1.58 bits per heavy atom. The minimum absolute atomic E-state index is 0.172. The SMILES string of the molecule is CCOc1cc(CNC(=O)C2=CCCCO2)ccn1. The molecular weight excluding hydrogens is 244 g/mol. The minimum Gasteiger partial charge on any atom is -0.488 e. The third kappa shape index (κ3) is 3.98. The van der Waals surface area contributed by atoms with Crippen molar-refractivity contribution < 1.29 is 14.3 Å². The molecule has 0 unspecified atom stereocenters. The fraction of sp³-hybridized carbons (Fsp3) is 0.429. The number of carbonyl (C=O) groups excluding carboxylic acids is 1. The summed E-state index contributed by atoms with van der Waals surface area (Å²) in [5.74, 6) is 0.821. The number of ether oxygens (including phenoxy) is 2. The fourth-order valence-electron chi connectivity index (χ4n) is 1.77. The van der Waals surface area contributed by atoms with E-state index in [-0.39, 0.29) is 5.91 Å². The van der Waals surface area contributed by atoms with Crippen LogP contribution in [0.15, 0.2) is 30.2 Å². The zero-order chi connectivity index (χ0) is 13.5. The Balaban J connectivity index is 1.89. The van der Waals surface area contributed by atoms with Gasteiger partial charge in [-0.15, -0.1) is 0 Å². The molecule has 102 valence electrons. The zero-order valence-corrected chi connectivity index (χ0v) is 11.0. The molecule has 0 bridgehead atoms. The van der Waals surface area contributed by atoms with Gasteiger partial charge in [-0.3, -0.25) is 4.79 Å². The van der Waals surface area contributed by atoms with E-state index in [1.54, 1.807) is 6.20 Å². The van der Waals surface area contributed by atoms with Gasteiger partial charge in [0, 0.05) is 18.8 Å². The summed E-state index contributed by atoms with van der Waals surface area (Å²) in [5.41, 5.74) is 0.947. The summed E-state index contributed by atoms with van der Waals surface area (Å²) in [5, 5.41) is 2.82. The molecule has 1 N–H and O–H groups in total. The van der Waals surface area contributed by atoms with Crippen molar-refractivity contribution in [1.29, 1.82) is 0 Å². The third-order valence-electron chi connectivity index (χ3n) is 2.70. The summed E-state index contributed by atoms with van der Waals surface area (Å²) in [7, 11) is 0. The zero-order valence-electron chi connectivity index (χ0n) is 11.0. The monoisotopic (exact) mass is 262 g/mol. The van der Waals surface area contributed by atoms with E-state index in [2.05, 4.69) is 10.3 Å². The van der Waals surface area contributed by atoms with Gasteiger partial charge in [-0.05, 0) is 37.5 Å².